The van der Waals surface area contributed by atoms with Crippen LogP contribution in [0.25, 0.3) is 0 Å². The maximum Gasteiger partial charge on any atom is 0.229 e. The Hall–Kier alpha value is -2.60. The minimum Gasteiger partial charge on any atom is -0.497 e. The quantitative estimate of drug-likeness (QED) is 0.833. The van der Waals surface area contributed by atoms with Crippen LogP contribution in [0.15, 0.2) is 42.6 Å². The lowest BCUT2D eigenvalue weighted by Gasteiger charge is -2.17. The number of nitrogens with zero attached hydrogens (tertiary/aromatic N) is 2. The monoisotopic (exact) mass is 359 g/mol. The molecular formula is C18H18ClN3O3. The lowest BCUT2D eigenvalue weighted by Crippen LogP contribution is -2.28. The van der Waals surface area contributed by atoms with E-state index in [2.05, 4.69) is 10.3 Å². The van der Waals surface area contributed by atoms with E-state index < -0.39 is 0 Å². The number of pyridine rings is 1. The van der Waals surface area contributed by atoms with Gasteiger partial charge >= 0.3 is 0 Å². The molecule has 2 heterocycles. The lowest BCUT2D eigenvalue weighted by atomic mass is 10.1. The number of aromatic nitrogens is 1. The Morgan fingerprint density at radius 1 is 1.32 bits per heavy atom. The van der Waals surface area contributed by atoms with Crippen LogP contribution in [-0.4, -0.2) is 35.4 Å². The fourth-order valence-electron chi connectivity index (χ4n) is 2.75. The first-order valence-corrected chi connectivity index (χ1v) is 8.26. The predicted molar refractivity (Wildman–Crippen MR) is 94.4 cm³/mol. The number of rotatable bonds is 5. The molecule has 1 saturated heterocycles. The number of amides is 2. The van der Waals surface area contributed by atoms with Crippen molar-refractivity contribution in [3.05, 3.63) is 53.3 Å². The Bertz CT molecular complexity index is 762. The molecule has 2 amide bonds. The fourth-order valence-corrected chi connectivity index (χ4v) is 2.86. The van der Waals surface area contributed by atoms with Crippen LogP contribution < -0.4 is 10.1 Å². The van der Waals surface area contributed by atoms with Gasteiger partial charge in [0, 0.05) is 19.5 Å². The summed E-state index contributed by atoms with van der Waals surface area (Å²) in [5.41, 5.74) is 1.56. The smallest absolute Gasteiger partial charge is 0.229 e. The summed E-state index contributed by atoms with van der Waals surface area (Å²) < 4.78 is 5.13. The topological polar surface area (TPSA) is 71.5 Å². The number of likely N-dealkylation sites (tertiary alicyclic amines) is 1. The van der Waals surface area contributed by atoms with Crippen LogP contribution in [0, 0.1) is 5.92 Å². The number of anilines is 1. The van der Waals surface area contributed by atoms with Crippen LogP contribution in [0.5, 0.6) is 5.75 Å². The molecule has 2 aromatic rings. The number of carbonyl (C=O) groups excluding carboxylic acids is 2. The van der Waals surface area contributed by atoms with Crippen molar-refractivity contribution in [3.63, 3.8) is 0 Å². The highest BCUT2D eigenvalue weighted by Crippen LogP contribution is 2.23. The molecule has 1 aliphatic rings. The van der Waals surface area contributed by atoms with Crippen LogP contribution >= 0.6 is 11.6 Å². The zero-order chi connectivity index (χ0) is 17.8. The number of ether oxygens (including phenoxy) is 1. The SMILES string of the molecule is COc1ccc(CN2CC(C(=O)Nc3ccc(Cl)nc3)CC2=O)cc1. The van der Waals surface area contributed by atoms with Gasteiger partial charge in [0.25, 0.3) is 0 Å². The first-order chi connectivity index (χ1) is 12.0. The average molecular weight is 360 g/mol. The molecule has 25 heavy (non-hydrogen) atoms. The van der Waals surface area contributed by atoms with Gasteiger partial charge in [0.15, 0.2) is 0 Å². The van der Waals surface area contributed by atoms with Gasteiger partial charge in [-0.2, -0.15) is 0 Å². The molecule has 3 rings (SSSR count). The van der Waals surface area contributed by atoms with E-state index in [0.29, 0.717) is 23.9 Å². The summed E-state index contributed by atoms with van der Waals surface area (Å²) in [6, 6.07) is 10.8. The standard InChI is InChI=1S/C18H18ClN3O3/c1-25-15-5-2-12(3-6-15)10-22-11-13(8-17(22)23)18(24)21-14-4-7-16(19)20-9-14/h2-7,9,13H,8,10-11H2,1H3,(H,21,24). The van der Waals surface area contributed by atoms with Gasteiger partial charge in [0.2, 0.25) is 11.8 Å². The van der Waals surface area contributed by atoms with Crippen LogP contribution in [0.4, 0.5) is 5.69 Å². The van der Waals surface area contributed by atoms with Crippen molar-refractivity contribution < 1.29 is 14.3 Å². The molecule has 0 aliphatic carbocycles. The summed E-state index contributed by atoms with van der Waals surface area (Å²) in [6.45, 7) is 0.882. The Labute approximate surface area is 150 Å². The highest BCUT2D eigenvalue weighted by molar-refractivity contribution is 6.29. The summed E-state index contributed by atoms with van der Waals surface area (Å²) in [7, 11) is 1.61. The van der Waals surface area contributed by atoms with Crippen LogP contribution in [0.2, 0.25) is 5.15 Å². The number of halogens is 1. The highest BCUT2D eigenvalue weighted by atomic mass is 35.5. The van der Waals surface area contributed by atoms with E-state index in [-0.39, 0.29) is 24.2 Å². The summed E-state index contributed by atoms with van der Waals surface area (Å²) in [5, 5.41) is 3.14. The Morgan fingerprint density at radius 2 is 2.08 bits per heavy atom. The van der Waals surface area contributed by atoms with Crippen molar-refractivity contribution in [2.45, 2.75) is 13.0 Å². The van der Waals surface area contributed by atoms with E-state index in [1.54, 1.807) is 24.1 Å². The summed E-state index contributed by atoms with van der Waals surface area (Å²) >= 11 is 5.73. The van der Waals surface area contributed by atoms with E-state index in [4.69, 9.17) is 16.3 Å². The van der Waals surface area contributed by atoms with E-state index in [0.717, 1.165) is 11.3 Å². The molecular weight excluding hydrogens is 342 g/mol. The normalized spacial score (nSPS) is 16.8. The van der Waals surface area contributed by atoms with E-state index >= 15 is 0 Å². The minimum atomic E-state index is -0.374. The fraction of sp³-hybridized carbons (Fsp3) is 0.278. The molecule has 0 bridgehead atoms. The second-order valence-electron chi connectivity index (χ2n) is 5.88. The number of hydrogen-bond donors (Lipinski definition) is 1. The molecule has 130 valence electrons. The van der Waals surface area contributed by atoms with Crippen molar-refractivity contribution in [2.75, 3.05) is 19.0 Å². The average Bonchev–Trinajstić information content (AvgIpc) is 2.98. The van der Waals surface area contributed by atoms with Crippen molar-refractivity contribution >= 4 is 29.1 Å². The second-order valence-corrected chi connectivity index (χ2v) is 6.27. The van der Waals surface area contributed by atoms with Gasteiger partial charge < -0.3 is 15.0 Å². The maximum atomic E-state index is 12.4. The third-order valence-electron chi connectivity index (χ3n) is 4.11. The number of hydrogen-bond acceptors (Lipinski definition) is 4. The van der Waals surface area contributed by atoms with E-state index in [9.17, 15) is 9.59 Å². The van der Waals surface area contributed by atoms with Gasteiger partial charge in [0.1, 0.15) is 10.9 Å². The first kappa shape index (κ1) is 17.2. The molecule has 1 atom stereocenters. The minimum absolute atomic E-state index is 0.0230. The molecule has 1 unspecified atom stereocenters. The number of benzene rings is 1. The second kappa shape index (κ2) is 7.53. The van der Waals surface area contributed by atoms with Gasteiger partial charge in [-0.05, 0) is 29.8 Å². The van der Waals surface area contributed by atoms with Gasteiger partial charge in [-0.3, -0.25) is 9.59 Å². The van der Waals surface area contributed by atoms with Crippen LogP contribution in [0.1, 0.15) is 12.0 Å². The van der Waals surface area contributed by atoms with E-state index in [1.165, 1.54) is 6.20 Å². The molecule has 1 fully saturated rings. The summed E-state index contributed by atoms with van der Waals surface area (Å²) in [6.07, 6.45) is 1.70. The third-order valence-corrected chi connectivity index (χ3v) is 4.34. The summed E-state index contributed by atoms with van der Waals surface area (Å²) in [5.74, 6) is 0.187. The van der Waals surface area contributed by atoms with Gasteiger partial charge in [-0.25, -0.2) is 4.98 Å². The molecule has 0 saturated carbocycles. The molecule has 0 spiro atoms. The number of methoxy groups -OCH3 is 1. The van der Waals surface area contributed by atoms with Crippen molar-refractivity contribution in [2.24, 2.45) is 5.92 Å². The molecule has 1 N–H and O–H groups in total. The number of carbonyl (C=O) groups is 2. The molecule has 0 radical (unpaired) electrons. The number of nitrogens with one attached hydrogen (secondary N) is 1. The zero-order valence-corrected chi connectivity index (χ0v) is 14.5. The molecule has 1 aromatic carbocycles. The van der Waals surface area contributed by atoms with Crippen LogP contribution in [-0.2, 0) is 16.1 Å². The lowest BCUT2D eigenvalue weighted by molar-refractivity contribution is -0.128. The predicted octanol–water partition coefficient (Wildman–Crippen LogP) is 2.73. The van der Waals surface area contributed by atoms with Gasteiger partial charge in [0.05, 0.1) is 24.9 Å². The van der Waals surface area contributed by atoms with Crippen molar-refractivity contribution in [3.8, 4) is 5.75 Å². The first-order valence-electron chi connectivity index (χ1n) is 7.88. The Morgan fingerprint density at radius 3 is 2.72 bits per heavy atom. The highest BCUT2D eigenvalue weighted by Gasteiger charge is 2.34. The molecule has 1 aromatic heterocycles. The largest absolute Gasteiger partial charge is 0.497 e. The van der Waals surface area contributed by atoms with Crippen LogP contribution in [0.3, 0.4) is 0 Å². The Balaban J connectivity index is 1.59. The molecule has 7 heteroatoms. The molecule has 1 aliphatic heterocycles. The van der Waals surface area contributed by atoms with E-state index in [1.807, 2.05) is 24.3 Å². The third kappa shape index (κ3) is 4.28. The van der Waals surface area contributed by atoms with Gasteiger partial charge in [-0.15, -0.1) is 0 Å². The zero-order valence-electron chi connectivity index (χ0n) is 13.7. The summed E-state index contributed by atoms with van der Waals surface area (Å²) in [4.78, 5) is 30.2. The van der Waals surface area contributed by atoms with Crippen molar-refractivity contribution in [1.82, 2.24) is 9.88 Å². The maximum absolute atomic E-state index is 12.4. The molecule has 6 nitrogen and oxygen atoms in total. The van der Waals surface area contributed by atoms with Crippen molar-refractivity contribution in [1.29, 1.82) is 0 Å². The van der Waals surface area contributed by atoms with Gasteiger partial charge in [-0.1, -0.05) is 23.7 Å². The Kier molecular flexibility index (Phi) is 5.19.